The van der Waals surface area contributed by atoms with Crippen molar-refractivity contribution in [2.45, 2.75) is 53.4 Å². The van der Waals surface area contributed by atoms with E-state index in [2.05, 4.69) is 167 Å². The van der Waals surface area contributed by atoms with Crippen LogP contribution in [0.3, 0.4) is 0 Å². The van der Waals surface area contributed by atoms with Crippen LogP contribution in [-0.4, -0.2) is 42.2 Å². The van der Waals surface area contributed by atoms with Crippen LogP contribution in [0.5, 0.6) is 23.0 Å². The number of nitrogens with zero attached hydrogens (tertiary/aromatic N) is 6. The number of ether oxygens (including phenoxy) is 2. The Bertz CT molecular complexity index is 2790. The summed E-state index contributed by atoms with van der Waals surface area (Å²) in [5.74, 6) is 41.2. The summed E-state index contributed by atoms with van der Waals surface area (Å²) in [6, 6.07) is 3.53. The molecule has 314 valence electrons. The minimum absolute atomic E-state index is 0.0841. The van der Waals surface area contributed by atoms with E-state index in [-0.39, 0.29) is 35.4 Å². The largest absolute Gasteiger partial charge is 0.451 e. The summed E-state index contributed by atoms with van der Waals surface area (Å²) in [6.45, 7) is 12.0. The molecule has 0 aromatic carbocycles. The Labute approximate surface area is 379 Å². The minimum Gasteiger partial charge on any atom is -0.451 e. The predicted octanol–water partition coefficient (Wildman–Crippen LogP) is 6.22. The molecule has 0 saturated carbocycles. The molecule has 0 amide bonds. The molecule has 0 saturated heterocycles. The van der Waals surface area contributed by atoms with Gasteiger partial charge in [-0.15, -0.1) is 25.7 Å². The molecule has 0 fully saturated rings. The Balaban J connectivity index is 0.000000469. The van der Waals surface area contributed by atoms with Crippen molar-refractivity contribution in [2.75, 3.05) is 35.3 Å². The van der Waals surface area contributed by atoms with E-state index in [0.717, 1.165) is 11.1 Å². The topological polar surface area (TPSA) is 217 Å². The summed E-state index contributed by atoms with van der Waals surface area (Å²) in [7, 11) is -2.51. The van der Waals surface area contributed by atoms with Crippen LogP contribution < -0.4 is 37.8 Å². The Hall–Kier alpha value is -8.43. The molecular formula is C48H42BrN10O3P. The van der Waals surface area contributed by atoms with Gasteiger partial charge in [-0.2, -0.15) is 9.97 Å². The highest BCUT2D eigenvalue weighted by molar-refractivity contribution is 9.10. The molecule has 0 aliphatic heterocycles. The summed E-state index contributed by atoms with van der Waals surface area (Å²) >= 11 is 3.32. The summed E-state index contributed by atoms with van der Waals surface area (Å²) in [5, 5.41) is 0. The number of aromatic nitrogens is 6. The number of terminal acetylenes is 3. The van der Waals surface area contributed by atoms with Gasteiger partial charge in [0.25, 0.3) is 0 Å². The molecule has 0 atom stereocenters. The van der Waals surface area contributed by atoms with E-state index in [4.69, 9.17) is 45.3 Å². The molecule has 4 heterocycles. The first-order valence-corrected chi connectivity index (χ1v) is 21.2. The predicted molar refractivity (Wildman–Crippen MR) is 257 cm³/mol. The first kappa shape index (κ1) is 52.6. The Morgan fingerprint density at radius 3 is 1.25 bits per heavy atom. The van der Waals surface area contributed by atoms with Crippen molar-refractivity contribution in [2.24, 2.45) is 0 Å². The average molecular weight is 918 g/mol. The van der Waals surface area contributed by atoms with Crippen LogP contribution in [-0.2, 0) is 4.57 Å². The highest BCUT2D eigenvalue weighted by atomic mass is 79.9. The Morgan fingerprint density at radius 2 is 0.921 bits per heavy atom. The summed E-state index contributed by atoms with van der Waals surface area (Å²) in [4.78, 5) is 24.1. The normalized spacial score (nSPS) is 8.78. The number of rotatable bonds is 9. The lowest BCUT2D eigenvalue weighted by molar-refractivity contribution is 0.469. The lowest BCUT2D eigenvalue weighted by Gasteiger charge is -2.18. The lowest BCUT2D eigenvalue weighted by atomic mass is 10.1. The van der Waals surface area contributed by atoms with Crippen molar-refractivity contribution in [3.05, 3.63) is 52.7 Å². The highest BCUT2D eigenvalue weighted by Gasteiger charge is 2.24. The zero-order valence-corrected chi connectivity index (χ0v) is 37.9. The third kappa shape index (κ3) is 19.0. The van der Waals surface area contributed by atoms with Crippen molar-refractivity contribution in [1.82, 2.24) is 29.9 Å². The fourth-order valence-electron chi connectivity index (χ4n) is 4.31. The van der Waals surface area contributed by atoms with Crippen LogP contribution in [0.2, 0.25) is 0 Å². The molecule has 8 N–H and O–H groups in total. The number of anilines is 4. The lowest BCUT2D eigenvalue weighted by Crippen LogP contribution is -2.14. The molecule has 15 heteroatoms. The van der Waals surface area contributed by atoms with Crippen LogP contribution in [0.1, 0.15) is 64.5 Å². The second-order valence-corrected chi connectivity index (χ2v) is 16.5. The van der Waals surface area contributed by atoms with Gasteiger partial charge in [0, 0.05) is 48.0 Å². The monoisotopic (exact) mass is 916 g/mol. The molecule has 4 rings (SSSR count). The van der Waals surface area contributed by atoms with Gasteiger partial charge < -0.3 is 37.0 Å². The van der Waals surface area contributed by atoms with Gasteiger partial charge in [-0.05, 0) is 122 Å². The van der Waals surface area contributed by atoms with Gasteiger partial charge in [0.05, 0.1) is 12.4 Å². The van der Waals surface area contributed by atoms with E-state index in [1.807, 2.05) is 27.7 Å². The van der Waals surface area contributed by atoms with Crippen molar-refractivity contribution < 1.29 is 14.0 Å². The third-order valence-corrected chi connectivity index (χ3v) is 11.0. The van der Waals surface area contributed by atoms with E-state index in [1.54, 1.807) is 24.5 Å². The molecule has 63 heavy (non-hydrogen) atoms. The van der Waals surface area contributed by atoms with Gasteiger partial charge in [-0.1, -0.05) is 41.5 Å². The van der Waals surface area contributed by atoms with Gasteiger partial charge in [0.1, 0.15) is 28.7 Å². The zero-order valence-electron chi connectivity index (χ0n) is 35.4. The first-order chi connectivity index (χ1) is 30.2. The van der Waals surface area contributed by atoms with Crippen molar-refractivity contribution in [3.63, 3.8) is 0 Å². The van der Waals surface area contributed by atoms with E-state index >= 15 is 0 Å². The van der Waals surface area contributed by atoms with Gasteiger partial charge in [-0.3, -0.25) is 4.98 Å². The second-order valence-electron chi connectivity index (χ2n) is 12.2. The highest BCUT2D eigenvalue weighted by Crippen LogP contribution is 2.44. The minimum atomic E-state index is -2.51. The van der Waals surface area contributed by atoms with E-state index < -0.39 is 7.14 Å². The van der Waals surface area contributed by atoms with Crippen molar-refractivity contribution >= 4 is 52.0 Å². The number of nitrogen functional groups attached to an aromatic ring is 4. The summed E-state index contributed by atoms with van der Waals surface area (Å²) in [5.41, 5.74) is 25.0. The molecule has 0 radical (unpaired) electrons. The van der Waals surface area contributed by atoms with Crippen LogP contribution in [0.15, 0.2) is 41.5 Å². The van der Waals surface area contributed by atoms with Crippen LogP contribution in [0.25, 0.3) is 0 Å². The van der Waals surface area contributed by atoms with Crippen molar-refractivity contribution in [3.8, 4) is 143 Å². The standard InChI is InChI=1S/C18H2.C16H24N5O2P.C12H14BrN5O.C2H2/c1-3-5-7-9-11-13-15-17-18-16-14-12-10-8-6-4-2;1-5-24(22,6-2)14-7-12(11(8-19-14)10(3)4)23-13-9-20-16(18)21-15(13)17;1-6(2)7-4-16-10(13)3-8(7)19-9-5-17-12(15)18-11(9)14;1-2/h1-2H;7-10H,5-6H2,1-4H3,(H4,17,18,20,21);3-6H,1-2H3,(H4,14,15,17,18);1-2H. The molecule has 0 aliphatic carbocycles. The number of nitrogens with two attached hydrogens (primary N) is 4. The molecule has 0 spiro atoms. The van der Waals surface area contributed by atoms with E-state index in [9.17, 15) is 4.57 Å². The van der Waals surface area contributed by atoms with Crippen molar-refractivity contribution in [1.29, 1.82) is 0 Å². The van der Waals surface area contributed by atoms with Gasteiger partial charge >= 0.3 is 0 Å². The SMILES string of the molecule is C#C.C#CC#CC#CC#CC#CC#CC#CC#CC#C.CC(C)c1cnc(Br)cc1Oc1cnc(N)nc1N.CCP(=O)(CC)c1cc(Oc2cnc(N)nc2N)c(C(C)C)cn1. The maximum atomic E-state index is 13.0. The second kappa shape index (κ2) is 28.9. The molecule has 0 unspecified atom stereocenters. The Kier molecular flexibility index (Phi) is 24.1. The van der Waals surface area contributed by atoms with E-state index in [0.29, 0.717) is 45.4 Å². The summed E-state index contributed by atoms with van der Waals surface area (Å²) < 4.78 is 25.3. The first-order valence-electron chi connectivity index (χ1n) is 18.3. The molecule has 0 bridgehead atoms. The quantitative estimate of drug-likeness (QED) is 0.0835. The van der Waals surface area contributed by atoms with Crippen LogP contribution in [0, 0.1) is 120 Å². The van der Waals surface area contributed by atoms with Gasteiger partial charge in [0.15, 0.2) is 23.1 Å². The molecular weight excluding hydrogens is 875 g/mol. The molecule has 13 nitrogen and oxygen atoms in total. The fraction of sp³-hybridized carbons (Fsp3) is 0.208. The zero-order chi connectivity index (χ0) is 47.2. The third-order valence-electron chi connectivity index (χ3n) is 7.43. The Morgan fingerprint density at radius 1 is 0.571 bits per heavy atom. The van der Waals surface area contributed by atoms with Crippen LogP contribution >= 0.6 is 23.1 Å². The average Bonchev–Trinajstić information content (AvgIpc) is 3.26. The smallest absolute Gasteiger partial charge is 0.222 e. The number of hydrogen-bond donors (Lipinski definition) is 4. The summed E-state index contributed by atoms with van der Waals surface area (Å²) in [6.07, 6.45) is 25.3. The van der Waals surface area contributed by atoms with E-state index in [1.165, 1.54) is 12.4 Å². The number of halogens is 1. The number of pyridine rings is 2. The molecule has 4 aromatic rings. The maximum Gasteiger partial charge on any atom is 0.222 e. The maximum absolute atomic E-state index is 13.0. The van der Waals surface area contributed by atoms with Gasteiger partial charge in [-0.25, -0.2) is 15.0 Å². The number of hydrogen-bond acceptors (Lipinski definition) is 13. The van der Waals surface area contributed by atoms with Crippen LogP contribution in [0.4, 0.5) is 23.5 Å². The van der Waals surface area contributed by atoms with Gasteiger partial charge in [0.2, 0.25) is 11.9 Å². The molecule has 0 aliphatic rings. The fourth-order valence-corrected chi connectivity index (χ4v) is 6.34. The molecule has 4 aromatic heterocycles.